The van der Waals surface area contributed by atoms with Crippen molar-refractivity contribution in [3.63, 3.8) is 0 Å². The van der Waals surface area contributed by atoms with E-state index in [2.05, 4.69) is 29.2 Å². The lowest BCUT2D eigenvalue weighted by molar-refractivity contribution is -0.116. The molecule has 312 valence electrons. The lowest BCUT2D eigenvalue weighted by atomic mass is 10.0. The molecule has 0 saturated carbocycles. The quantitative estimate of drug-likeness (QED) is 0.180. The van der Waals surface area contributed by atoms with Crippen molar-refractivity contribution in [3.05, 3.63) is 102 Å². The number of aromatic nitrogens is 2. The number of anilines is 2. The number of nitrogens with one attached hydrogen (secondary N) is 1. The predicted octanol–water partition coefficient (Wildman–Crippen LogP) is 5.12. The smallest absolute Gasteiger partial charge is 0.341 e. The molecule has 14 nitrogen and oxygen atoms in total. The van der Waals surface area contributed by atoms with Crippen molar-refractivity contribution in [3.8, 4) is 5.69 Å². The first kappa shape index (κ1) is 43.7. The largest absolute Gasteiger partial charge is 0.462 e. The molecule has 19 heteroatoms. The summed E-state index contributed by atoms with van der Waals surface area (Å²) in [5.41, 5.74) is 9.61. The molecule has 5 aromatic rings. The number of hydrogen-bond donors (Lipinski definition) is 2. The van der Waals surface area contributed by atoms with Crippen molar-refractivity contribution in [1.82, 2.24) is 29.2 Å². The molecule has 0 aliphatic carbocycles. The summed E-state index contributed by atoms with van der Waals surface area (Å²) in [5, 5.41) is 3.78. The van der Waals surface area contributed by atoms with Gasteiger partial charge in [0.25, 0.3) is 17.4 Å². The summed E-state index contributed by atoms with van der Waals surface area (Å²) in [5.74, 6) is -1.73. The number of hydrogen-bond acceptors (Lipinski definition) is 12. The second-order valence-corrected chi connectivity index (χ2v) is 16.7. The van der Waals surface area contributed by atoms with Crippen molar-refractivity contribution in [1.29, 1.82) is 0 Å². The first-order valence-corrected chi connectivity index (χ1v) is 20.2. The number of ether oxygens (including phenoxy) is 1. The fraction of sp³-hybridized carbons (Fsp3) is 0.350. The maximum Gasteiger partial charge on any atom is 0.341 e. The van der Waals surface area contributed by atoms with E-state index in [1.807, 2.05) is 0 Å². The average Bonchev–Trinajstić information content (AvgIpc) is 3.64. The number of nitrogens with zero attached hydrogens (tertiary/aromatic N) is 6. The molecule has 0 unspecified atom stereocenters. The Bertz CT molecular complexity index is 2560. The zero-order chi connectivity index (χ0) is 41.6. The van der Waals surface area contributed by atoms with Gasteiger partial charge in [0, 0.05) is 50.0 Å². The zero-order valence-electron chi connectivity index (χ0n) is 33.0. The number of nitrogen functional groups attached to an aromatic ring is 1. The van der Waals surface area contributed by atoms with E-state index < -0.39 is 11.6 Å². The molecule has 0 radical (unpaired) electrons. The third kappa shape index (κ3) is 8.75. The summed E-state index contributed by atoms with van der Waals surface area (Å²) in [7, 11) is 7.27. The maximum atomic E-state index is 13.8. The lowest BCUT2D eigenvalue weighted by Crippen LogP contribution is -2.31. The molecule has 7 heterocycles. The van der Waals surface area contributed by atoms with Gasteiger partial charge in [-0.2, -0.15) is 0 Å². The molecule has 2 aromatic carbocycles. The minimum atomic E-state index is -0.503. The minimum Gasteiger partial charge on any atom is -0.462 e. The number of fused-ring (bicyclic) bond motifs is 8. The molecule has 59 heavy (non-hydrogen) atoms. The van der Waals surface area contributed by atoms with Crippen molar-refractivity contribution < 1.29 is 32.7 Å². The van der Waals surface area contributed by atoms with Gasteiger partial charge in [0.05, 0.1) is 53.1 Å². The van der Waals surface area contributed by atoms with Crippen LogP contribution in [0.1, 0.15) is 64.7 Å². The topological polar surface area (TPSA) is 163 Å². The Hall–Kier alpha value is -4.83. The van der Waals surface area contributed by atoms with Crippen molar-refractivity contribution in [2.75, 3.05) is 65.5 Å². The van der Waals surface area contributed by atoms with Gasteiger partial charge in [-0.1, -0.05) is 0 Å². The Morgan fingerprint density at radius 2 is 1.42 bits per heavy atom. The van der Waals surface area contributed by atoms with Crippen molar-refractivity contribution in [2.45, 2.75) is 39.4 Å². The molecule has 0 spiro atoms. The fourth-order valence-corrected chi connectivity index (χ4v) is 9.89. The van der Waals surface area contributed by atoms with E-state index in [0.717, 1.165) is 61.0 Å². The average molecular weight is 961 g/mol. The number of thiophene rings is 2. The summed E-state index contributed by atoms with van der Waals surface area (Å²) in [6.07, 6.45) is 1.69. The molecule has 0 atom stereocenters. The third-order valence-electron chi connectivity index (χ3n) is 10.3. The summed E-state index contributed by atoms with van der Waals surface area (Å²) in [6, 6.07) is 7.68. The van der Waals surface area contributed by atoms with Gasteiger partial charge < -0.3 is 35.4 Å². The van der Waals surface area contributed by atoms with E-state index in [4.69, 9.17) is 15.5 Å². The van der Waals surface area contributed by atoms with Gasteiger partial charge in [0.2, 0.25) is 5.91 Å². The molecule has 4 aliphatic rings. The zero-order valence-corrected chi connectivity index (χ0v) is 37.0. The van der Waals surface area contributed by atoms with Crippen LogP contribution in [0, 0.1) is 11.6 Å². The number of likely N-dealkylation sites (N-methyl/N-ethyl adjacent to an activating group) is 3. The first-order valence-electron chi connectivity index (χ1n) is 18.6. The van der Waals surface area contributed by atoms with Crippen LogP contribution in [0.15, 0.2) is 41.2 Å². The third-order valence-corrected chi connectivity index (χ3v) is 12.4. The van der Waals surface area contributed by atoms with Crippen LogP contribution in [-0.4, -0.2) is 107 Å². The van der Waals surface area contributed by atoms with Gasteiger partial charge in [0.15, 0.2) is 0 Å². The van der Waals surface area contributed by atoms with E-state index >= 15 is 0 Å². The van der Waals surface area contributed by atoms with Crippen LogP contribution < -0.4 is 16.6 Å². The van der Waals surface area contributed by atoms with Crippen molar-refractivity contribution >= 4 is 91.2 Å². The highest BCUT2D eigenvalue weighted by Gasteiger charge is 2.30. The van der Waals surface area contributed by atoms with E-state index in [0.29, 0.717) is 39.8 Å². The van der Waals surface area contributed by atoms with Crippen LogP contribution in [0.2, 0.25) is 0 Å². The van der Waals surface area contributed by atoms with E-state index in [9.17, 15) is 32.8 Å². The van der Waals surface area contributed by atoms with E-state index in [1.54, 1.807) is 25.3 Å². The number of carbonyl (C=O) groups excluding carboxylic acids is 4. The maximum absolute atomic E-state index is 13.8. The summed E-state index contributed by atoms with van der Waals surface area (Å²) >= 11 is 3.06. The standard InChI is InChI=1S/C19H17FN4O2S.C11H16N2O2S.C10H9FN2O2.HI/c1-22-6-5-11-14(8-22)27-17-16(11)19(26)24-13-4-3-10(20)7-12(13)18(25)23(2)9-15(24)21-17;1-3-15-11(14)9-7-4-5-13(2)6-8(7)16-10(9)12;1-13-5-9(14)12-8-3-2-6(11)4-7(8)10(13)15;/h3-4,7H,5-6,8-9H2,1-2H3;3-6,12H2,1-2H3;2-4H,5H2,1H3,(H,12,14);1H. The van der Waals surface area contributed by atoms with Crippen LogP contribution in [0.5, 0.6) is 0 Å². The number of carbonyl (C=O) groups is 4. The Kier molecular flexibility index (Phi) is 13.2. The Morgan fingerprint density at radius 3 is 2.10 bits per heavy atom. The number of benzene rings is 2. The van der Waals surface area contributed by atoms with Crippen LogP contribution in [0.25, 0.3) is 15.9 Å². The highest BCUT2D eigenvalue weighted by atomic mass is 127. The van der Waals surface area contributed by atoms with Gasteiger partial charge >= 0.3 is 5.97 Å². The fourth-order valence-electron chi connectivity index (χ4n) is 7.40. The van der Waals surface area contributed by atoms with Crippen LogP contribution in [-0.2, 0) is 42.0 Å². The number of amides is 3. The monoisotopic (exact) mass is 960 g/mol. The summed E-state index contributed by atoms with van der Waals surface area (Å²) < 4.78 is 33.3. The first-order chi connectivity index (χ1) is 27.6. The molecule has 9 rings (SSSR count). The second kappa shape index (κ2) is 17.8. The highest BCUT2D eigenvalue weighted by molar-refractivity contribution is 14.0. The lowest BCUT2D eigenvalue weighted by Gasteiger charge is -2.22. The molecule has 3 amide bonds. The SMILES string of the molecule is CCOC(=O)c1c(N)sc2c1CCN(C)C2.CN1CC(=O)Nc2ccc(F)cc2C1=O.CN1CCc2c(sc3nc4n(c(=O)c23)-c2ccc(F)cc2C(=O)N(C)C4)C1.I. The number of halogens is 3. The van der Waals surface area contributed by atoms with Gasteiger partial charge in [-0.05, 0) is 81.4 Å². The molecular formula is C40H43F2IN8O6S2. The van der Waals surface area contributed by atoms with Crippen LogP contribution in [0.4, 0.5) is 19.5 Å². The minimum absolute atomic E-state index is 0. The number of esters is 1. The normalized spacial score (nSPS) is 16.0. The summed E-state index contributed by atoms with van der Waals surface area (Å²) in [6.45, 7) is 5.93. The molecular weight excluding hydrogens is 918 g/mol. The van der Waals surface area contributed by atoms with Gasteiger partial charge in [-0.15, -0.1) is 46.7 Å². The molecule has 0 bridgehead atoms. The highest BCUT2D eigenvalue weighted by Crippen LogP contribution is 2.36. The van der Waals surface area contributed by atoms with Gasteiger partial charge in [0.1, 0.15) is 27.3 Å². The van der Waals surface area contributed by atoms with Gasteiger partial charge in [-0.25, -0.2) is 18.6 Å². The molecule has 3 N–H and O–H groups in total. The molecule has 0 saturated heterocycles. The number of nitrogens with two attached hydrogens (primary N) is 1. The Balaban J connectivity index is 0.000000158. The molecule has 4 aliphatic heterocycles. The van der Waals surface area contributed by atoms with E-state index in [-0.39, 0.29) is 77.4 Å². The van der Waals surface area contributed by atoms with E-state index in [1.165, 1.54) is 72.8 Å². The van der Waals surface area contributed by atoms with Crippen molar-refractivity contribution in [2.24, 2.45) is 0 Å². The van der Waals surface area contributed by atoms with Gasteiger partial charge in [-0.3, -0.25) is 23.7 Å². The predicted molar refractivity (Wildman–Crippen MR) is 233 cm³/mol. The summed E-state index contributed by atoms with van der Waals surface area (Å²) in [4.78, 5) is 76.0. The van der Waals surface area contributed by atoms with Crippen LogP contribution in [0.3, 0.4) is 0 Å². The molecule has 3 aromatic heterocycles. The Morgan fingerprint density at radius 1 is 0.831 bits per heavy atom. The Labute approximate surface area is 363 Å². The number of rotatable bonds is 2. The van der Waals surface area contributed by atoms with Crippen LogP contribution >= 0.6 is 46.7 Å². The second-order valence-electron chi connectivity index (χ2n) is 14.5. The molecule has 0 fully saturated rings.